The van der Waals surface area contributed by atoms with Crippen LogP contribution in [0.15, 0.2) is 64.1 Å². The first kappa shape index (κ1) is 23.5. The molecule has 0 aliphatic heterocycles. The molecule has 0 aromatic heterocycles. The maximum Gasteiger partial charge on any atom is 0.262 e. The fourth-order valence-electron chi connectivity index (χ4n) is 3.13. The van der Waals surface area contributed by atoms with Gasteiger partial charge in [-0.2, -0.15) is 0 Å². The van der Waals surface area contributed by atoms with Gasteiger partial charge >= 0.3 is 0 Å². The Bertz CT molecular complexity index is 1140. The molecule has 1 amide bonds. The third-order valence-electron chi connectivity index (χ3n) is 4.70. The Hall–Kier alpha value is -3.12. The highest BCUT2D eigenvalue weighted by Gasteiger charge is 2.14. The third kappa shape index (κ3) is 6.44. The molecule has 5 nitrogen and oxygen atoms in total. The lowest BCUT2D eigenvalue weighted by Crippen LogP contribution is -2.20. The molecule has 3 rings (SSSR count). The van der Waals surface area contributed by atoms with Crippen LogP contribution in [0.25, 0.3) is 0 Å². The highest BCUT2D eigenvalue weighted by Crippen LogP contribution is 2.37. The van der Waals surface area contributed by atoms with E-state index in [0.717, 1.165) is 33.6 Å². The highest BCUT2D eigenvalue weighted by atomic mass is 79.9. The number of hydrogen-bond acceptors (Lipinski definition) is 4. The Morgan fingerprint density at radius 3 is 2.56 bits per heavy atom. The van der Waals surface area contributed by atoms with E-state index in [1.165, 1.54) is 0 Å². The van der Waals surface area contributed by atoms with Crippen molar-refractivity contribution in [2.75, 3.05) is 18.5 Å². The van der Waals surface area contributed by atoms with Gasteiger partial charge in [0.25, 0.3) is 5.91 Å². The van der Waals surface area contributed by atoms with Crippen molar-refractivity contribution in [3.8, 4) is 11.5 Å². The predicted octanol–water partition coefficient (Wildman–Crippen LogP) is 6.54. The van der Waals surface area contributed by atoms with Gasteiger partial charge in [-0.1, -0.05) is 24.3 Å². The van der Waals surface area contributed by atoms with E-state index >= 15 is 0 Å². The molecular weight excluding hydrogens is 468 g/mol. The molecule has 0 aliphatic carbocycles. The molecule has 0 saturated carbocycles. The van der Waals surface area contributed by atoms with Crippen LogP contribution in [0, 0.1) is 20.8 Å². The zero-order valence-electron chi connectivity index (χ0n) is 18.7. The summed E-state index contributed by atoms with van der Waals surface area (Å²) in [6, 6.07) is 17.6. The van der Waals surface area contributed by atoms with E-state index in [1.807, 2.05) is 64.1 Å². The zero-order valence-corrected chi connectivity index (χ0v) is 20.3. The number of nitrogens with one attached hydrogen (secondary N) is 1. The van der Waals surface area contributed by atoms with E-state index in [2.05, 4.69) is 44.4 Å². The van der Waals surface area contributed by atoms with E-state index in [0.29, 0.717) is 22.6 Å². The molecule has 6 heteroatoms. The number of hydrogen-bond donors (Lipinski definition) is 1. The van der Waals surface area contributed by atoms with Crippen molar-refractivity contribution in [1.82, 2.24) is 0 Å². The van der Waals surface area contributed by atoms with Gasteiger partial charge in [0.1, 0.15) is 0 Å². The summed E-state index contributed by atoms with van der Waals surface area (Å²) < 4.78 is 12.3. The minimum Gasteiger partial charge on any atom is -0.490 e. The molecule has 3 aromatic rings. The molecule has 166 valence electrons. The Labute approximate surface area is 197 Å². The summed E-state index contributed by atoms with van der Waals surface area (Å²) in [5.41, 5.74) is 5.86. The summed E-state index contributed by atoms with van der Waals surface area (Å²) in [4.78, 5) is 17.0. The lowest BCUT2D eigenvalue weighted by molar-refractivity contribution is -0.118. The lowest BCUT2D eigenvalue weighted by Gasteiger charge is -2.14. The Morgan fingerprint density at radius 2 is 1.81 bits per heavy atom. The van der Waals surface area contributed by atoms with Crippen LogP contribution in [0.4, 0.5) is 11.4 Å². The van der Waals surface area contributed by atoms with Gasteiger partial charge in [-0.15, -0.1) is 0 Å². The molecule has 3 aromatic carbocycles. The van der Waals surface area contributed by atoms with Crippen LogP contribution in [-0.4, -0.2) is 25.3 Å². The number of halogens is 1. The molecule has 0 fully saturated rings. The van der Waals surface area contributed by atoms with E-state index in [9.17, 15) is 4.79 Å². The van der Waals surface area contributed by atoms with E-state index in [4.69, 9.17) is 9.47 Å². The number of nitrogens with zero attached hydrogens (tertiary/aromatic N) is 1. The largest absolute Gasteiger partial charge is 0.490 e. The molecule has 0 spiro atoms. The third-order valence-corrected chi connectivity index (χ3v) is 5.29. The number of ether oxygens (including phenoxy) is 2. The van der Waals surface area contributed by atoms with Crippen molar-refractivity contribution in [1.29, 1.82) is 0 Å². The molecule has 0 saturated heterocycles. The Balaban J connectivity index is 1.75. The Morgan fingerprint density at radius 1 is 1.03 bits per heavy atom. The molecule has 0 radical (unpaired) electrons. The maximum absolute atomic E-state index is 12.3. The van der Waals surface area contributed by atoms with Crippen LogP contribution in [-0.2, 0) is 4.79 Å². The summed E-state index contributed by atoms with van der Waals surface area (Å²) in [6.07, 6.45) is 1.79. The van der Waals surface area contributed by atoms with Gasteiger partial charge < -0.3 is 14.8 Å². The summed E-state index contributed by atoms with van der Waals surface area (Å²) in [7, 11) is 0. The Kier molecular flexibility index (Phi) is 8.06. The second-order valence-electron chi connectivity index (χ2n) is 7.52. The molecule has 0 aliphatic rings. The van der Waals surface area contributed by atoms with Crippen molar-refractivity contribution in [3.05, 3.63) is 81.3 Å². The smallest absolute Gasteiger partial charge is 0.262 e. The predicted molar refractivity (Wildman–Crippen MR) is 134 cm³/mol. The summed E-state index contributed by atoms with van der Waals surface area (Å²) >= 11 is 3.55. The molecule has 0 unspecified atom stereocenters. The number of benzene rings is 3. The van der Waals surface area contributed by atoms with Crippen LogP contribution >= 0.6 is 15.9 Å². The van der Waals surface area contributed by atoms with Crippen molar-refractivity contribution < 1.29 is 14.3 Å². The van der Waals surface area contributed by atoms with E-state index in [-0.39, 0.29) is 12.5 Å². The lowest BCUT2D eigenvalue weighted by atomic mass is 10.1. The van der Waals surface area contributed by atoms with Crippen LogP contribution in [0.5, 0.6) is 11.5 Å². The summed E-state index contributed by atoms with van der Waals surface area (Å²) in [5, 5.41) is 2.84. The van der Waals surface area contributed by atoms with Crippen molar-refractivity contribution >= 4 is 39.4 Å². The fourth-order valence-corrected chi connectivity index (χ4v) is 3.70. The van der Waals surface area contributed by atoms with E-state index < -0.39 is 0 Å². The van der Waals surface area contributed by atoms with Gasteiger partial charge in [0.2, 0.25) is 0 Å². The second kappa shape index (κ2) is 11.0. The summed E-state index contributed by atoms with van der Waals surface area (Å²) in [5.74, 6) is 0.785. The SMILES string of the molecule is CCOc1cc(C=Nc2cc(C)ccc2C)cc(Br)c1OCC(=O)Nc1cccc(C)c1. The van der Waals surface area contributed by atoms with Crippen LogP contribution in [0.3, 0.4) is 0 Å². The first-order valence-corrected chi connectivity index (χ1v) is 11.2. The van der Waals surface area contributed by atoms with Crippen LogP contribution in [0.2, 0.25) is 0 Å². The van der Waals surface area contributed by atoms with Gasteiger partial charge in [-0.3, -0.25) is 9.79 Å². The van der Waals surface area contributed by atoms with Crippen LogP contribution < -0.4 is 14.8 Å². The molecule has 0 atom stereocenters. The normalized spacial score (nSPS) is 10.9. The first-order valence-electron chi connectivity index (χ1n) is 10.4. The second-order valence-corrected chi connectivity index (χ2v) is 8.37. The zero-order chi connectivity index (χ0) is 23.1. The van der Waals surface area contributed by atoms with Crippen molar-refractivity contribution in [3.63, 3.8) is 0 Å². The number of anilines is 1. The minimum absolute atomic E-state index is 0.136. The highest BCUT2D eigenvalue weighted by molar-refractivity contribution is 9.10. The quantitative estimate of drug-likeness (QED) is 0.361. The standard InChI is InChI=1S/C26H27BrN2O3/c1-5-31-24-14-20(15-28-23-12-18(3)9-10-19(23)4)13-22(27)26(24)32-16-25(30)29-21-8-6-7-17(2)11-21/h6-15H,5,16H2,1-4H3,(H,29,30). The molecule has 0 heterocycles. The van der Waals surface area contributed by atoms with Gasteiger partial charge in [-0.05, 0) is 96.2 Å². The first-order chi connectivity index (χ1) is 15.4. The molecular formula is C26H27BrN2O3. The maximum atomic E-state index is 12.3. The number of aryl methyl sites for hydroxylation is 3. The van der Waals surface area contributed by atoms with E-state index in [1.54, 1.807) is 6.21 Å². The van der Waals surface area contributed by atoms with Crippen molar-refractivity contribution in [2.45, 2.75) is 27.7 Å². The van der Waals surface area contributed by atoms with Gasteiger partial charge in [0.05, 0.1) is 16.8 Å². The molecule has 1 N–H and O–H groups in total. The fraction of sp³-hybridized carbons (Fsp3) is 0.231. The molecule has 0 bridgehead atoms. The van der Waals surface area contributed by atoms with Crippen molar-refractivity contribution in [2.24, 2.45) is 4.99 Å². The number of rotatable bonds is 8. The van der Waals surface area contributed by atoms with Gasteiger partial charge in [0, 0.05) is 11.9 Å². The minimum atomic E-state index is -0.245. The summed E-state index contributed by atoms with van der Waals surface area (Å²) in [6.45, 7) is 8.29. The average molecular weight is 495 g/mol. The van der Waals surface area contributed by atoms with Crippen LogP contribution in [0.1, 0.15) is 29.2 Å². The topological polar surface area (TPSA) is 59.9 Å². The number of amides is 1. The molecule has 32 heavy (non-hydrogen) atoms. The number of carbonyl (C=O) groups excluding carboxylic acids is 1. The van der Waals surface area contributed by atoms with Gasteiger partial charge in [-0.25, -0.2) is 0 Å². The number of carbonyl (C=O) groups is 1. The van der Waals surface area contributed by atoms with Gasteiger partial charge in [0.15, 0.2) is 18.1 Å². The number of aliphatic imine (C=N–C) groups is 1. The monoisotopic (exact) mass is 494 g/mol. The average Bonchev–Trinajstić information content (AvgIpc) is 2.74.